The molecule has 0 atom stereocenters. The average Bonchev–Trinajstić information content (AvgIpc) is 3.38. The van der Waals surface area contributed by atoms with Crippen LogP contribution >= 0.6 is 0 Å². The summed E-state index contributed by atoms with van der Waals surface area (Å²) in [5.41, 5.74) is 2.87. The summed E-state index contributed by atoms with van der Waals surface area (Å²) in [4.78, 5) is 16.5. The molecule has 1 amide bonds. The molecule has 0 radical (unpaired) electrons. The number of hydrogen-bond acceptors (Lipinski definition) is 5. The van der Waals surface area contributed by atoms with E-state index in [2.05, 4.69) is 20.5 Å². The summed E-state index contributed by atoms with van der Waals surface area (Å²) in [6.07, 6.45) is 8.69. The molecular weight excluding hydrogens is 368 g/mol. The minimum Gasteiger partial charge on any atom is -0.495 e. The lowest BCUT2D eigenvalue weighted by Gasteiger charge is -2.03. The van der Waals surface area contributed by atoms with Crippen LogP contribution in [0.2, 0.25) is 0 Å². The Morgan fingerprint density at radius 1 is 1.07 bits per heavy atom. The van der Waals surface area contributed by atoms with E-state index >= 15 is 0 Å². The monoisotopic (exact) mass is 388 g/mol. The second-order valence-corrected chi connectivity index (χ2v) is 6.47. The molecule has 0 spiro atoms. The molecular formula is C21H20N6O2. The predicted molar refractivity (Wildman–Crippen MR) is 108 cm³/mol. The Hall–Kier alpha value is -3.94. The Morgan fingerprint density at radius 2 is 1.93 bits per heavy atom. The molecule has 1 N–H and O–H groups in total. The van der Waals surface area contributed by atoms with Gasteiger partial charge in [0.1, 0.15) is 12.3 Å². The summed E-state index contributed by atoms with van der Waals surface area (Å²) < 4.78 is 8.55. The molecule has 8 nitrogen and oxygen atoms in total. The van der Waals surface area contributed by atoms with E-state index in [4.69, 9.17) is 4.74 Å². The van der Waals surface area contributed by atoms with Gasteiger partial charge in [0, 0.05) is 35.8 Å². The van der Waals surface area contributed by atoms with Gasteiger partial charge in [-0.1, -0.05) is 30.3 Å². The zero-order valence-corrected chi connectivity index (χ0v) is 15.9. The zero-order chi connectivity index (χ0) is 20.1. The van der Waals surface area contributed by atoms with Gasteiger partial charge >= 0.3 is 0 Å². The van der Waals surface area contributed by atoms with E-state index in [0.29, 0.717) is 18.1 Å². The molecule has 8 heteroatoms. The highest BCUT2D eigenvalue weighted by Gasteiger charge is 2.09. The number of carbonyl (C=O) groups is 1. The Labute approximate surface area is 167 Å². The van der Waals surface area contributed by atoms with Gasteiger partial charge in [-0.2, -0.15) is 10.2 Å². The SMILES string of the molecule is COc1cncc(-c2cnn(CC(=O)Nc3ccn(Cc4ccccc4)n3)c2)c1. The zero-order valence-electron chi connectivity index (χ0n) is 15.9. The molecule has 0 saturated heterocycles. The van der Waals surface area contributed by atoms with Crippen molar-refractivity contribution in [2.24, 2.45) is 0 Å². The molecule has 3 aromatic heterocycles. The molecule has 0 fully saturated rings. The van der Waals surface area contributed by atoms with Crippen LogP contribution in [0.4, 0.5) is 5.82 Å². The number of carbonyl (C=O) groups excluding carboxylic acids is 1. The van der Waals surface area contributed by atoms with Gasteiger partial charge in [0.15, 0.2) is 5.82 Å². The van der Waals surface area contributed by atoms with Gasteiger partial charge in [0.25, 0.3) is 0 Å². The van der Waals surface area contributed by atoms with Crippen molar-refractivity contribution in [3.8, 4) is 16.9 Å². The highest BCUT2D eigenvalue weighted by atomic mass is 16.5. The lowest BCUT2D eigenvalue weighted by molar-refractivity contribution is -0.116. The summed E-state index contributed by atoms with van der Waals surface area (Å²) in [6, 6.07) is 13.7. The maximum atomic E-state index is 12.3. The number of rotatable bonds is 7. The maximum Gasteiger partial charge on any atom is 0.247 e. The molecule has 29 heavy (non-hydrogen) atoms. The number of aromatic nitrogens is 5. The number of pyridine rings is 1. The first-order valence-corrected chi connectivity index (χ1v) is 9.09. The third kappa shape index (κ3) is 4.67. The number of nitrogens with one attached hydrogen (secondary N) is 1. The van der Waals surface area contributed by atoms with Crippen LogP contribution in [0.1, 0.15) is 5.56 Å². The second-order valence-electron chi connectivity index (χ2n) is 6.47. The third-order valence-corrected chi connectivity index (χ3v) is 4.32. The van der Waals surface area contributed by atoms with Crippen molar-refractivity contribution in [2.75, 3.05) is 12.4 Å². The number of methoxy groups -OCH3 is 1. The standard InChI is InChI=1S/C21H20N6O2/c1-29-19-9-17(10-22-12-19)18-11-23-27(14-18)15-21(28)24-20-7-8-26(25-20)13-16-5-3-2-4-6-16/h2-12,14H,13,15H2,1H3,(H,24,25,28). The van der Waals surface area contributed by atoms with E-state index in [-0.39, 0.29) is 12.5 Å². The third-order valence-electron chi connectivity index (χ3n) is 4.32. The fourth-order valence-corrected chi connectivity index (χ4v) is 2.90. The quantitative estimate of drug-likeness (QED) is 0.526. The topological polar surface area (TPSA) is 86.9 Å². The van der Waals surface area contributed by atoms with E-state index in [1.165, 1.54) is 0 Å². The maximum absolute atomic E-state index is 12.3. The van der Waals surface area contributed by atoms with E-state index in [0.717, 1.165) is 16.7 Å². The van der Waals surface area contributed by atoms with Crippen molar-refractivity contribution in [2.45, 2.75) is 13.1 Å². The molecule has 3 heterocycles. The molecule has 0 aliphatic heterocycles. The van der Waals surface area contributed by atoms with Gasteiger partial charge in [-0.15, -0.1) is 0 Å². The highest BCUT2D eigenvalue weighted by molar-refractivity contribution is 5.89. The molecule has 0 saturated carbocycles. The Kier molecular flexibility index (Phi) is 5.33. The van der Waals surface area contributed by atoms with Gasteiger partial charge in [0.2, 0.25) is 5.91 Å². The largest absolute Gasteiger partial charge is 0.495 e. The normalized spacial score (nSPS) is 10.7. The van der Waals surface area contributed by atoms with Crippen molar-refractivity contribution in [1.29, 1.82) is 0 Å². The van der Waals surface area contributed by atoms with Gasteiger partial charge in [0.05, 0.1) is 26.0 Å². The first-order chi connectivity index (χ1) is 14.2. The fraction of sp³-hybridized carbons (Fsp3) is 0.143. The molecule has 0 aliphatic rings. The van der Waals surface area contributed by atoms with Crippen LogP contribution in [0.25, 0.3) is 11.1 Å². The molecule has 0 unspecified atom stereocenters. The van der Waals surface area contributed by atoms with Crippen molar-refractivity contribution in [3.05, 3.63) is 79.0 Å². The van der Waals surface area contributed by atoms with Crippen LogP contribution in [0.15, 0.2) is 73.4 Å². The fourth-order valence-electron chi connectivity index (χ4n) is 2.90. The lowest BCUT2D eigenvalue weighted by atomic mass is 10.2. The van der Waals surface area contributed by atoms with Crippen LogP contribution in [0.5, 0.6) is 5.75 Å². The molecule has 0 bridgehead atoms. The van der Waals surface area contributed by atoms with E-state index < -0.39 is 0 Å². The molecule has 4 rings (SSSR count). The summed E-state index contributed by atoms with van der Waals surface area (Å²) in [6.45, 7) is 0.733. The van der Waals surface area contributed by atoms with Crippen molar-refractivity contribution >= 4 is 11.7 Å². The van der Waals surface area contributed by atoms with Gasteiger partial charge in [-0.25, -0.2) is 0 Å². The second kappa shape index (κ2) is 8.39. The van der Waals surface area contributed by atoms with Crippen molar-refractivity contribution in [1.82, 2.24) is 24.5 Å². The lowest BCUT2D eigenvalue weighted by Crippen LogP contribution is -2.19. The van der Waals surface area contributed by atoms with Crippen LogP contribution in [0, 0.1) is 0 Å². The Bertz CT molecular complexity index is 1100. The smallest absolute Gasteiger partial charge is 0.247 e. The van der Waals surface area contributed by atoms with Gasteiger partial charge in [-0.3, -0.25) is 19.1 Å². The Balaban J connectivity index is 1.36. The number of anilines is 1. The first-order valence-electron chi connectivity index (χ1n) is 9.09. The molecule has 4 aromatic rings. The summed E-state index contributed by atoms with van der Waals surface area (Å²) in [7, 11) is 1.59. The predicted octanol–water partition coefficient (Wildman–Crippen LogP) is 2.84. The number of hydrogen-bond donors (Lipinski definition) is 1. The summed E-state index contributed by atoms with van der Waals surface area (Å²) in [5, 5.41) is 11.4. The van der Waals surface area contributed by atoms with Crippen LogP contribution in [0.3, 0.4) is 0 Å². The van der Waals surface area contributed by atoms with E-state index in [9.17, 15) is 4.79 Å². The van der Waals surface area contributed by atoms with Crippen molar-refractivity contribution < 1.29 is 9.53 Å². The molecule has 146 valence electrons. The van der Waals surface area contributed by atoms with E-state index in [1.807, 2.05) is 42.6 Å². The number of nitrogens with zero attached hydrogens (tertiary/aromatic N) is 5. The van der Waals surface area contributed by atoms with Gasteiger partial charge < -0.3 is 10.1 Å². The minimum atomic E-state index is -0.201. The average molecular weight is 388 g/mol. The van der Waals surface area contributed by atoms with E-state index in [1.54, 1.807) is 47.3 Å². The number of amides is 1. The van der Waals surface area contributed by atoms with Crippen LogP contribution in [-0.2, 0) is 17.9 Å². The Morgan fingerprint density at radius 3 is 2.76 bits per heavy atom. The molecule has 0 aliphatic carbocycles. The van der Waals surface area contributed by atoms with Crippen molar-refractivity contribution in [3.63, 3.8) is 0 Å². The highest BCUT2D eigenvalue weighted by Crippen LogP contribution is 2.21. The van der Waals surface area contributed by atoms with Crippen LogP contribution in [-0.4, -0.2) is 37.6 Å². The number of benzene rings is 1. The molecule has 1 aromatic carbocycles. The van der Waals surface area contributed by atoms with Gasteiger partial charge in [-0.05, 0) is 11.6 Å². The number of ether oxygens (including phenoxy) is 1. The summed E-state index contributed by atoms with van der Waals surface area (Å²) in [5.74, 6) is 0.975. The summed E-state index contributed by atoms with van der Waals surface area (Å²) >= 11 is 0. The minimum absolute atomic E-state index is 0.0863. The first kappa shape index (κ1) is 18.4. The van der Waals surface area contributed by atoms with Crippen LogP contribution < -0.4 is 10.1 Å².